The van der Waals surface area contributed by atoms with E-state index in [1.54, 1.807) is 11.1 Å². The molecule has 68 heavy (non-hydrogen) atoms. The molecule has 0 aromatic heterocycles. The van der Waals surface area contributed by atoms with Gasteiger partial charge >= 0.3 is 37.9 Å². The van der Waals surface area contributed by atoms with Gasteiger partial charge in [-0.15, -0.1) is 69.1 Å². The molecule has 0 atom stereocenters. The zero-order valence-corrected chi connectivity index (χ0v) is 49.3. The maximum absolute atomic E-state index is 4.93. The zero-order chi connectivity index (χ0) is 49.2. The van der Waals surface area contributed by atoms with Crippen molar-refractivity contribution in [3.05, 3.63) is 131 Å². The first-order chi connectivity index (χ1) is 32.6. The quantitative estimate of drug-likeness (QED) is 0.105. The fourth-order valence-corrected chi connectivity index (χ4v) is 11.4. The van der Waals surface area contributed by atoms with Crippen LogP contribution in [0.4, 0.5) is 0 Å². The summed E-state index contributed by atoms with van der Waals surface area (Å²) in [5.74, 6) is 0. The van der Waals surface area contributed by atoms with E-state index in [4.69, 9.17) is 17.0 Å². The van der Waals surface area contributed by atoms with E-state index in [2.05, 4.69) is 178 Å². The van der Waals surface area contributed by atoms with Crippen LogP contribution < -0.4 is 0 Å². The summed E-state index contributed by atoms with van der Waals surface area (Å²) in [6.07, 6.45) is 27.9. The van der Waals surface area contributed by atoms with Gasteiger partial charge in [-0.1, -0.05) is 230 Å². The molecule has 0 amide bonds. The molecule has 0 bridgehead atoms. The second-order valence-electron chi connectivity index (χ2n) is 22.9. The number of halogens is 2. The summed E-state index contributed by atoms with van der Waals surface area (Å²) in [7, 11) is 11.0. The first-order valence-electron chi connectivity index (χ1n) is 26.8. The molecule has 0 heterocycles. The van der Waals surface area contributed by atoms with E-state index in [-0.39, 0.29) is 10.8 Å². The Morgan fingerprint density at radius 3 is 1.06 bits per heavy atom. The molecule has 2 fully saturated rings. The molecule has 366 valence electrons. The van der Waals surface area contributed by atoms with E-state index < -0.39 is 20.8 Å². The van der Waals surface area contributed by atoms with Crippen LogP contribution in [0, 0.1) is 10.8 Å². The Hall–Kier alpha value is -2.22. The zero-order valence-electron chi connectivity index (χ0n) is 44.3. The molecule has 2 aliphatic carbocycles. The molecular weight excluding hydrogens is 959 g/mol. The monoisotopic (exact) mass is 1040 g/mol. The van der Waals surface area contributed by atoms with Gasteiger partial charge in [-0.05, 0) is 82.4 Å². The SMILES string of the molecule is CCC1(Cc2cc3c(-c4ccc(C(C)(C)C)cc4)cccc3[cH-]2)CCCCCCCC1.CCC1(Cc2cc3c(-c4ccc(C(C)(C)C)cc4)cccc3[cH-]2)CCCCCCCC1.C[Si]C.[Cl][Zr+2][Cl]. The van der Waals surface area contributed by atoms with Crippen LogP contribution in [0.15, 0.2) is 109 Å². The predicted molar refractivity (Wildman–Crippen MR) is 303 cm³/mol. The minimum absolute atomic E-state index is 0.197. The summed E-state index contributed by atoms with van der Waals surface area (Å²) in [4.78, 5) is 0. The van der Waals surface area contributed by atoms with Crippen molar-refractivity contribution in [1.29, 1.82) is 0 Å². The van der Waals surface area contributed by atoms with E-state index >= 15 is 0 Å². The Morgan fingerprint density at radius 2 is 0.779 bits per heavy atom. The topological polar surface area (TPSA) is 0 Å². The molecule has 0 nitrogen and oxygen atoms in total. The summed E-state index contributed by atoms with van der Waals surface area (Å²) in [5.41, 5.74) is 12.7. The van der Waals surface area contributed by atoms with Gasteiger partial charge in [-0.2, -0.15) is 12.1 Å². The molecule has 0 saturated heterocycles. The van der Waals surface area contributed by atoms with Crippen LogP contribution in [0.1, 0.15) is 193 Å². The van der Waals surface area contributed by atoms with Crippen molar-refractivity contribution in [2.75, 3.05) is 0 Å². The number of rotatable bonds is 8. The summed E-state index contributed by atoms with van der Waals surface area (Å²) < 4.78 is 0. The molecule has 8 rings (SSSR count). The van der Waals surface area contributed by atoms with E-state index in [9.17, 15) is 0 Å². The van der Waals surface area contributed by atoms with Gasteiger partial charge in [0, 0.05) is 9.52 Å². The van der Waals surface area contributed by atoms with Crippen LogP contribution in [-0.2, 0) is 44.5 Å². The van der Waals surface area contributed by atoms with Crippen molar-refractivity contribution >= 4 is 48.1 Å². The van der Waals surface area contributed by atoms with Crippen molar-refractivity contribution in [1.82, 2.24) is 0 Å². The van der Waals surface area contributed by atoms with Crippen molar-refractivity contribution in [2.45, 2.75) is 208 Å². The van der Waals surface area contributed by atoms with Gasteiger partial charge in [0.25, 0.3) is 0 Å². The average molecular weight is 1050 g/mol. The first kappa shape index (κ1) is 56.7. The Morgan fingerprint density at radius 1 is 0.485 bits per heavy atom. The standard InChI is InChI=1S/2C31H41.C2H6Si.2ClH.Zr/c2*1-5-31(19-10-8-6-7-9-11-20-31)23-24-21-26-13-12-14-28(29(26)22-24)25-15-17-27(18-16-25)30(2,3)4;1-3-2;;;/h2*12-18,21-22H,5-11,19-20,23H2,1-4H3;1-2H3;2*1H;/q2*-1;;;;+4/p-2. The van der Waals surface area contributed by atoms with Crippen LogP contribution in [-0.4, -0.2) is 9.52 Å². The van der Waals surface area contributed by atoms with Crippen LogP contribution in [0.2, 0.25) is 13.1 Å². The Balaban J connectivity index is 0.000000228. The summed E-state index contributed by atoms with van der Waals surface area (Å²) in [6, 6.07) is 42.1. The molecule has 0 spiro atoms. The number of hydrogen-bond acceptors (Lipinski definition) is 0. The van der Waals surface area contributed by atoms with Crippen molar-refractivity contribution in [3.63, 3.8) is 0 Å². The van der Waals surface area contributed by atoms with Gasteiger partial charge in [-0.3, -0.25) is 0 Å². The summed E-state index contributed by atoms with van der Waals surface area (Å²) >= 11 is -0.826. The van der Waals surface area contributed by atoms with E-state index in [0.29, 0.717) is 10.8 Å². The van der Waals surface area contributed by atoms with Crippen molar-refractivity contribution in [3.8, 4) is 22.3 Å². The Bertz CT molecular complexity index is 2160. The molecule has 6 aromatic carbocycles. The molecule has 4 heteroatoms. The van der Waals surface area contributed by atoms with Gasteiger partial charge < -0.3 is 0 Å². The molecular formula is C64H88Cl2SiZr. The third-order valence-electron chi connectivity index (χ3n) is 15.7. The van der Waals surface area contributed by atoms with Crippen LogP contribution in [0.25, 0.3) is 43.8 Å². The fraction of sp³-hybridized carbons (Fsp3) is 0.531. The molecule has 6 aromatic rings. The van der Waals surface area contributed by atoms with Crippen LogP contribution >= 0.6 is 17.0 Å². The minimum atomic E-state index is -0.826. The second-order valence-corrected chi connectivity index (χ2v) is 27.6. The van der Waals surface area contributed by atoms with E-state index in [1.807, 2.05) is 0 Å². The summed E-state index contributed by atoms with van der Waals surface area (Å²) in [5, 5.41) is 5.66. The molecule has 2 aliphatic rings. The second kappa shape index (κ2) is 27.6. The molecule has 0 unspecified atom stereocenters. The molecule has 2 saturated carbocycles. The van der Waals surface area contributed by atoms with Crippen molar-refractivity contribution in [2.24, 2.45) is 10.8 Å². The van der Waals surface area contributed by atoms with Gasteiger partial charge in [0.2, 0.25) is 0 Å². The Labute approximate surface area is 437 Å². The Kier molecular flexibility index (Phi) is 23.0. The first-order valence-corrected chi connectivity index (χ1v) is 35.1. The third kappa shape index (κ3) is 16.4. The number of fused-ring (bicyclic) bond motifs is 2. The normalized spacial score (nSPS) is 16.6. The maximum atomic E-state index is 4.93. The van der Waals surface area contributed by atoms with Crippen molar-refractivity contribution < 1.29 is 20.8 Å². The van der Waals surface area contributed by atoms with E-state index in [0.717, 1.165) is 9.52 Å². The number of benzene rings is 4. The fourth-order valence-electron chi connectivity index (χ4n) is 11.4. The van der Waals surface area contributed by atoms with Crippen LogP contribution in [0.3, 0.4) is 0 Å². The third-order valence-corrected chi connectivity index (χ3v) is 15.7. The van der Waals surface area contributed by atoms with Gasteiger partial charge in [0.05, 0.1) is 0 Å². The number of hydrogen-bond donors (Lipinski definition) is 0. The predicted octanol–water partition coefficient (Wildman–Crippen LogP) is 21.4. The molecule has 0 N–H and O–H groups in total. The van der Waals surface area contributed by atoms with Crippen LogP contribution in [0.5, 0.6) is 0 Å². The van der Waals surface area contributed by atoms with Gasteiger partial charge in [0.15, 0.2) is 0 Å². The van der Waals surface area contributed by atoms with Gasteiger partial charge in [-0.25, -0.2) is 0 Å². The average Bonchev–Trinajstić information content (AvgIpc) is 3.98. The molecule has 0 aliphatic heterocycles. The molecule has 2 radical (unpaired) electrons. The van der Waals surface area contributed by atoms with Gasteiger partial charge in [0.1, 0.15) is 0 Å². The van der Waals surface area contributed by atoms with E-state index in [1.165, 1.54) is 183 Å². The summed E-state index contributed by atoms with van der Waals surface area (Å²) in [6.45, 7) is 22.9.